The van der Waals surface area contributed by atoms with Crippen molar-refractivity contribution in [3.8, 4) is 17.2 Å². The summed E-state index contributed by atoms with van der Waals surface area (Å²) in [7, 11) is 0. The molecule has 4 nitrogen and oxygen atoms in total. The van der Waals surface area contributed by atoms with Crippen molar-refractivity contribution >= 4 is 11.7 Å². The van der Waals surface area contributed by atoms with Crippen LogP contribution in [0.5, 0.6) is 0 Å². The van der Waals surface area contributed by atoms with Crippen molar-refractivity contribution < 1.29 is 4.79 Å². The third-order valence-corrected chi connectivity index (χ3v) is 5.95. The molecule has 1 atom stereocenters. The lowest BCUT2D eigenvalue weighted by molar-refractivity contribution is -0.132. The first kappa shape index (κ1) is 21.8. The first-order chi connectivity index (χ1) is 14.6. The molecule has 0 N–H and O–H groups in total. The van der Waals surface area contributed by atoms with Crippen LogP contribution in [-0.2, 0) is 11.3 Å². The second kappa shape index (κ2) is 9.71. The quantitative estimate of drug-likeness (QED) is 0.509. The van der Waals surface area contributed by atoms with Crippen molar-refractivity contribution in [2.75, 3.05) is 0 Å². The minimum Gasteiger partial charge on any atom is -0.294 e. The van der Waals surface area contributed by atoms with Crippen molar-refractivity contribution in [1.82, 2.24) is 4.90 Å². The number of aliphatic imine (C=N–C) groups is 1. The molecular weight excluding hydrogens is 370 g/mol. The number of nitrogens with zero attached hydrogens (tertiary/aromatic N) is 3. The molecule has 0 saturated heterocycles. The number of unbranched alkanes of at least 4 members (excludes halogenated alkanes) is 1. The monoisotopic (exact) mass is 401 g/mol. The summed E-state index contributed by atoms with van der Waals surface area (Å²) in [6.45, 7) is 6.90. The predicted octanol–water partition coefficient (Wildman–Crippen LogP) is 6.11. The van der Waals surface area contributed by atoms with Crippen LogP contribution in [0.1, 0.15) is 70.4 Å². The fraction of sp³-hybridized carbons (Fsp3) is 0.423. The highest BCUT2D eigenvalue weighted by molar-refractivity contribution is 6.08. The van der Waals surface area contributed by atoms with Crippen molar-refractivity contribution in [3.63, 3.8) is 0 Å². The number of amidine groups is 1. The molecule has 1 unspecified atom stereocenters. The smallest absolute Gasteiger partial charge is 0.256 e. The maximum atomic E-state index is 13.4. The van der Waals surface area contributed by atoms with Gasteiger partial charge in [-0.3, -0.25) is 14.7 Å². The van der Waals surface area contributed by atoms with Gasteiger partial charge in [0.1, 0.15) is 11.4 Å². The molecule has 0 radical (unpaired) electrons. The highest BCUT2D eigenvalue weighted by atomic mass is 16.2. The van der Waals surface area contributed by atoms with E-state index in [0.717, 1.165) is 61.1 Å². The molecule has 1 heterocycles. The number of rotatable bonds is 9. The Balaban J connectivity index is 1.84. The highest BCUT2D eigenvalue weighted by Crippen LogP contribution is 2.33. The Kier molecular flexibility index (Phi) is 7.05. The average molecular weight is 402 g/mol. The molecule has 30 heavy (non-hydrogen) atoms. The van der Waals surface area contributed by atoms with E-state index >= 15 is 0 Å². The van der Waals surface area contributed by atoms with Gasteiger partial charge in [-0.05, 0) is 42.0 Å². The van der Waals surface area contributed by atoms with Crippen LogP contribution in [-0.4, -0.2) is 22.2 Å². The highest BCUT2D eigenvalue weighted by Gasteiger charge is 2.45. The molecule has 0 aromatic heterocycles. The molecule has 0 fully saturated rings. The van der Waals surface area contributed by atoms with Crippen LogP contribution in [0.4, 0.5) is 0 Å². The summed E-state index contributed by atoms with van der Waals surface area (Å²) in [6, 6.07) is 18.1. The number of hydrogen-bond donors (Lipinski definition) is 0. The van der Waals surface area contributed by atoms with E-state index in [0.29, 0.717) is 12.1 Å². The minimum absolute atomic E-state index is 0.150. The van der Waals surface area contributed by atoms with E-state index in [4.69, 9.17) is 4.99 Å². The number of amides is 1. The number of nitriles is 1. The molecule has 1 aliphatic heterocycles. The number of hydrogen-bond acceptors (Lipinski definition) is 3. The molecule has 3 rings (SSSR count). The molecule has 0 saturated carbocycles. The van der Waals surface area contributed by atoms with Crippen LogP contribution in [0.15, 0.2) is 53.5 Å². The molecule has 1 aliphatic rings. The molecule has 2 aromatic carbocycles. The Morgan fingerprint density at radius 3 is 2.40 bits per heavy atom. The Hall–Kier alpha value is -2.93. The Morgan fingerprint density at radius 2 is 1.77 bits per heavy atom. The third-order valence-electron chi connectivity index (χ3n) is 5.95. The third kappa shape index (κ3) is 4.31. The summed E-state index contributed by atoms with van der Waals surface area (Å²) in [6.07, 6.45) is 5.47. The van der Waals surface area contributed by atoms with E-state index < -0.39 is 5.54 Å². The normalized spacial score (nSPS) is 18.4. The van der Waals surface area contributed by atoms with E-state index in [2.05, 4.69) is 39.0 Å². The zero-order chi connectivity index (χ0) is 21.6. The van der Waals surface area contributed by atoms with E-state index in [1.807, 2.05) is 41.3 Å². The van der Waals surface area contributed by atoms with Crippen LogP contribution in [0, 0.1) is 11.3 Å². The number of carbonyl (C=O) groups is 1. The summed E-state index contributed by atoms with van der Waals surface area (Å²) >= 11 is 0. The van der Waals surface area contributed by atoms with Crippen LogP contribution < -0.4 is 0 Å². The zero-order valence-electron chi connectivity index (χ0n) is 18.3. The molecule has 0 spiro atoms. The van der Waals surface area contributed by atoms with Gasteiger partial charge in [0.05, 0.1) is 18.2 Å². The zero-order valence-corrected chi connectivity index (χ0v) is 18.3. The van der Waals surface area contributed by atoms with Crippen molar-refractivity contribution in [2.24, 2.45) is 4.99 Å². The van der Waals surface area contributed by atoms with Crippen molar-refractivity contribution in [3.05, 3.63) is 59.7 Å². The predicted molar refractivity (Wildman–Crippen MR) is 122 cm³/mol. The van der Waals surface area contributed by atoms with Gasteiger partial charge in [-0.15, -0.1) is 0 Å². The maximum absolute atomic E-state index is 13.4. The molecule has 156 valence electrons. The summed E-state index contributed by atoms with van der Waals surface area (Å²) in [5.41, 5.74) is 3.11. The first-order valence-electron chi connectivity index (χ1n) is 11.1. The summed E-state index contributed by atoms with van der Waals surface area (Å²) < 4.78 is 0. The van der Waals surface area contributed by atoms with Gasteiger partial charge in [0.15, 0.2) is 0 Å². The average Bonchev–Trinajstić information content (AvgIpc) is 3.04. The Labute approximate surface area is 180 Å². The van der Waals surface area contributed by atoms with Gasteiger partial charge < -0.3 is 0 Å². The van der Waals surface area contributed by atoms with Gasteiger partial charge in [-0.25, -0.2) is 0 Å². The molecule has 1 amide bonds. The second-order valence-electron chi connectivity index (χ2n) is 8.01. The van der Waals surface area contributed by atoms with Crippen LogP contribution in [0.3, 0.4) is 0 Å². The lowest BCUT2D eigenvalue weighted by Gasteiger charge is -2.25. The van der Waals surface area contributed by atoms with Crippen LogP contribution in [0.25, 0.3) is 11.1 Å². The second-order valence-corrected chi connectivity index (χ2v) is 8.01. The fourth-order valence-corrected chi connectivity index (χ4v) is 4.20. The molecule has 0 aliphatic carbocycles. The largest absolute Gasteiger partial charge is 0.294 e. The molecule has 2 aromatic rings. The molecule has 4 heteroatoms. The lowest BCUT2D eigenvalue weighted by Crippen LogP contribution is -2.42. The Bertz CT molecular complexity index is 955. The minimum atomic E-state index is -0.580. The summed E-state index contributed by atoms with van der Waals surface area (Å²) in [5, 5.41) is 9.36. The fourth-order valence-electron chi connectivity index (χ4n) is 4.20. The van der Waals surface area contributed by atoms with Crippen molar-refractivity contribution in [1.29, 1.82) is 5.26 Å². The molecule has 0 bridgehead atoms. The van der Waals surface area contributed by atoms with Gasteiger partial charge in [0.25, 0.3) is 5.91 Å². The van der Waals surface area contributed by atoms with Gasteiger partial charge in [-0.1, -0.05) is 76.1 Å². The topological polar surface area (TPSA) is 56.5 Å². The van der Waals surface area contributed by atoms with Gasteiger partial charge in [0, 0.05) is 6.42 Å². The summed E-state index contributed by atoms with van der Waals surface area (Å²) in [4.78, 5) is 20.3. The molecular formula is C26H31N3O. The number of benzene rings is 2. The van der Waals surface area contributed by atoms with Gasteiger partial charge >= 0.3 is 0 Å². The van der Waals surface area contributed by atoms with Crippen LogP contribution >= 0.6 is 0 Å². The van der Waals surface area contributed by atoms with E-state index in [1.54, 1.807) is 0 Å². The van der Waals surface area contributed by atoms with E-state index in [1.165, 1.54) is 0 Å². The van der Waals surface area contributed by atoms with Crippen molar-refractivity contribution in [2.45, 2.75) is 71.4 Å². The SMILES string of the molecule is CCCCC1=NC(CC)(CCC)C(=O)N1Cc1ccc(-c2ccccc2C#N)cc1. The lowest BCUT2D eigenvalue weighted by atomic mass is 9.91. The summed E-state index contributed by atoms with van der Waals surface area (Å²) in [5.74, 6) is 1.09. The van der Waals surface area contributed by atoms with Gasteiger partial charge in [-0.2, -0.15) is 5.26 Å². The van der Waals surface area contributed by atoms with E-state index in [-0.39, 0.29) is 5.91 Å². The Morgan fingerprint density at radius 1 is 1.03 bits per heavy atom. The number of carbonyl (C=O) groups excluding carboxylic acids is 1. The van der Waals surface area contributed by atoms with Crippen LogP contribution in [0.2, 0.25) is 0 Å². The van der Waals surface area contributed by atoms with E-state index in [9.17, 15) is 10.1 Å². The van der Waals surface area contributed by atoms with Gasteiger partial charge in [0.2, 0.25) is 0 Å². The first-order valence-corrected chi connectivity index (χ1v) is 11.1. The maximum Gasteiger partial charge on any atom is 0.256 e. The standard InChI is InChI=1S/C26H31N3O/c1-4-7-12-24-28-26(6-3,17-5-2)25(30)29(24)19-20-13-15-21(16-14-20)23-11-9-8-10-22(23)18-27/h8-11,13-16H,4-7,12,17,19H2,1-3H3.